The van der Waals surface area contributed by atoms with Gasteiger partial charge in [0.05, 0.1) is 6.07 Å². The second-order valence-electron chi connectivity index (χ2n) is 5.17. The highest BCUT2D eigenvalue weighted by Gasteiger charge is 2.39. The highest BCUT2D eigenvalue weighted by atomic mass is 19.4. The normalized spacial score (nSPS) is 21.9. The molecule has 0 spiro atoms. The molecule has 1 unspecified atom stereocenters. The topological polar surface area (TPSA) is 35.8 Å². The second kappa shape index (κ2) is 6.98. The van der Waals surface area contributed by atoms with Gasteiger partial charge >= 0.3 is 6.18 Å². The van der Waals surface area contributed by atoms with Crippen LogP contribution in [0.3, 0.4) is 0 Å². The Balaban J connectivity index is 2.39. The van der Waals surface area contributed by atoms with Gasteiger partial charge in [0.1, 0.15) is 0 Å². The smallest absolute Gasteiger partial charge is 0.312 e. The largest absolute Gasteiger partial charge is 0.405 e. The van der Waals surface area contributed by atoms with Gasteiger partial charge in [-0.2, -0.15) is 18.4 Å². The Morgan fingerprint density at radius 3 is 2.22 bits per heavy atom. The van der Waals surface area contributed by atoms with Crippen molar-refractivity contribution in [3.63, 3.8) is 0 Å². The van der Waals surface area contributed by atoms with Crippen LogP contribution in [0.25, 0.3) is 0 Å². The number of halogens is 3. The highest BCUT2D eigenvalue weighted by Crippen LogP contribution is 2.27. The van der Waals surface area contributed by atoms with Gasteiger partial charge in [-0.3, -0.25) is 0 Å². The lowest BCUT2D eigenvalue weighted by Gasteiger charge is -2.25. The van der Waals surface area contributed by atoms with Gasteiger partial charge in [0.25, 0.3) is 0 Å². The average molecular weight is 262 g/mol. The summed E-state index contributed by atoms with van der Waals surface area (Å²) in [7, 11) is 0. The molecule has 0 aromatic rings. The quantitative estimate of drug-likeness (QED) is 0.785. The molecular formula is C13H21F3N2. The minimum Gasteiger partial charge on any atom is -0.312 e. The molecule has 0 saturated heterocycles. The van der Waals surface area contributed by atoms with Gasteiger partial charge in [0.2, 0.25) is 0 Å². The van der Waals surface area contributed by atoms with Gasteiger partial charge in [0.15, 0.2) is 5.92 Å². The van der Waals surface area contributed by atoms with E-state index in [0.717, 1.165) is 25.7 Å². The number of alkyl halides is 3. The lowest BCUT2D eigenvalue weighted by molar-refractivity contribution is -0.158. The summed E-state index contributed by atoms with van der Waals surface area (Å²) in [4.78, 5) is 0. The van der Waals surface area contributed by atoms with Gasteiger partial charge in [-0.1, -0.05) is 25.7 Å². The van der Waals surface area contributed by atoms with Crippen molar-refractivity contribution in [2.75, 3.05) is 6.54 Å². The monoisotopic (exact) mass is 262 g/mol. The van der Waals surface area contributed by atoms with Crippen LogP contribution in [0.4, 0.5) is 13.2 Å². The first-order valence-electron chi connectivity index (χ1n) is 6.65. The molecule has 2 nitrogen and oxygen atoms in total. The number of nitrogens with one attached hydrogen (secondary N) is 1. The summed E-state index contributed by atoms with van der Waals surface area (Å²) in [5.41, 5.74) is 0. The number of nitrogens with zero attached hydrogens (tertiary/aromatic N) is 1. The van der Waals surface area contributed by atoms with E-state index in [4.69, 9.17) is 5.26 Å². The molecule has 0 aromatic carbocycles. The van der Waals surface area contributed by atoms with Crippen LogP contribution >= 0.6 is 0 Å². The molecule has 5 heteroatoms. The van der Waals surface area contributed by atoms with E-state index in [-0.39, 0.29) is 12.6 Å². The van der Waals surface area contributed by atoms with E-state index in [1.165, 1.54) is 18.9 Å². The van der Waals surface area contributed by atoms with E-state index in [1.807, 2.05) is 6.92 Å². The van der Waals surface area contributed by atoms with Crippen molar-refractivity contribution >= 4 is 0 Å². The predicted octanol–water partition coefficient (Wildman–Crippen LogP) is 3.64. The van der Waals surface area contributed by atoms with E-state index in [1.54, 1.807) is 0 Å². The molecule has 1 fully saturated rings. The lowest BCUT2D eigenvalue weighted by Crippen LogP contribution is -2.40. The zero-order valence-corrected chi connectivity index (χ0v) is 10.8. The first-order valence-corrected chi connectivity index (χ1v) is 6.65. The van der Waals surface area contributed by atoms with E-state index in [0.29, 0.717) is 5.92 Å². The molecule has 1 rings (SSSR count). The van der Waals surface area contributed by atoms with E-state index < -0.39 is 12.1 Å². The summed E-state index contributed by atoms with van der Waals surface area (Å²) in [5, 5.41) is 11.4. The van der Waals surface area contributed by atoms with Gasteiger partial charge in [-0.25, -0.2) is 0 Å². The second-order valence-corrected chi connectivity index (χ2v) is 5.17. The summed E-state index contributed by atoms with van der Waals surface area (Å²) in [5.74, 6) is -1.45. The predicted molar refractivity (Wildman–Crippen MR) is 63.8 cm³/mol. The minimum absolute atomic E-state index is 0.0568. The summed E-state index contributed by atoms with van der Waals surface area (Å²) < 4.78 is 37.2. The molecule has 18 heavy (non-hydrogen) atoms. The van der Waals surface area contributed by atoms with Crippen LogP contribution in [0.2, 0.25) is 0 Å². The van der Waals surface area contributed by atoms with Crippen LogP contribution in [-0.4, -0.2) is 18.8 Å². The first kappa shape index (κ1) is 15.3. The first-order chi connectivity index (χ1) is 8.45. The zero-order chi connectivity index (χ0) is 13.6. The molecule has 0 aliphatic heterocycles. The molecule has 0 aromatic heterocycles. The van der Waals surface area contributed by atoms with E-state index >= 15 is 0 Å². The molecule has 1 saturated carbocycles. The molecular weight excluding hydrogens is 241 g/mol. The van der Waals surface area contributed by atoms with Crippen molar-refractivity contribution in [1.29, 1.82) is 5.26 Å². The van der Waals surface area contributed by atoms with Crippen molar-refractivity contribution in [2.24, 2.45) is 11.8 Å². The fourth-order valence-corrected chi connectivity index (χ4v) is 2.52. The van der Waals surface area contributed by atoms with Crippen LogP contribution < -0.4 is 5.32 Å². The number of hydrogen-bond donors (Lipinski definition) is 1. The molecule has 1 aliphatic rings. The number of nitriles is 1. The van der Waals surface area contributed by atoms with Crippen molar-refractivity contribution < 1.29 is 13.2 Å². The summed E-state index contributed by atoms with van der Waals surface area (Å²) in [6.45, 7) is 1.64. The summed E-state index contributed by atoms with van der Waals surface area (Å²) in [6, 6.07) is 1.38. The zero-order valence-electron chi connectivity index (χ0n) is 10.8. The van der Waals surface area contributed by atoms with Crippen molar-refractivity contribution in [3.05, 3.63) is 0 Å². The summed E-state index contributed by atoms with van der Waals surface area (Å²) >= 11 is 0. The molecule has 0 bridgehead atoms. The number of hydrogen-bond acceptors (Lipinski definition) is 2. The maximum absolute atomic E-state index is 12.4. The van der Waals surface area contributed by atoms with Crippen molar-refractivity contribution in [1.82, 2.24) is 5.32 Å². The average Bonchev–Trinajstić information content (AvgIpc) is 2.56. The Hall–Kier alpha value is -0.760. The fourth-order valence-electron chi connectivity index (χ4n) is 2.52. The van der Waals surface area contributed by atoms with Gasteiger partial charge in [0, 0.05) is 12.6 Å². The molecule has 0 heterocycles. The Morgan fingerprint density at radius 2 is 1.78 bits per heavy atom. The Kier molecular flexibility index (Phi) is 5.94. The fraction of sp³-hybridized carbons (Fsp3) is 0.923. The van der Waals surface area contributed by atoms with Crippen LogP contribution in [0.5, 0.6) is 0 Å². The Labute approximate surface area is 107 Å². The standard InChI is InChI=1S/C13H21F3N2/c1-10(11-6-4-2-3-5-7-11)18-9-12(8-17)13(14,15)16/h10-12,18H,2-7,9H2,1H3/t10-,12?/m0/s1. The lowest BCUT2D eigenvalue weighted by atomic mass is 9.92. The minimum atomic E-state index is -4.43. The molecule has 1 N–H and O–H groups in total. The highest BCUT2D eigenvalue weighted by molar-refractivity contribution is 4.91. The SMILES string of the molecule is C[C@H](NCC(C#N)C(F)(F)F)C1CCCCCC1. The maximum atomic E-state index is 12.4. The molecule has 2 atom stereocenters. The van der Waals surface area contributed by atoms with Crippen LogP contribution in [-0.2, 0) is 0 Å². The maximum Gasteiger partial charge on any atom is 0.405 e. The van der Waals surface area contributed by atoms with Gasteiger partial charge in [-0.05, 0) is 25.7 Å². The molecule has 1 aliphatic carbocycles. The Bertz CT molecular complexity index is 275. The van der Waals surface area contributed by atoms with E-state index in [9.17, 15) is 13.2 Å². The van der Waals surface area contributed by atoms with Gasteiger partial charge in [-0.15, -0.1) is 0 Å². The molecule has 0 radical (unpaired) electrons. The Morgan fingerprint density at radius 1 is 1.22 bits per heavy atom. The van der Waals surface area contributed by atoms with E-state index in [2.05, 4.69) is 5.32 Å². The third-order valence-electron chi connectivity index (χ3n) is 3.80. The third-order valence-corrected chi connectivity index (χ3v) is 3.80. The molecule has 104 valence electrons. The third kappa shape index (κ3) is 4.85. The molecule has 0 amide bonds. The van der Waals surface area contributed by atoms with Crippen molar-refractivity contribution in [3.8, 4) is 6.07 Å². The summed E-state index contributed by atoms with van der Waals surface area (Å²) in [6.07, 6.45) is 2.52. The van der Waals surface area contributed by atoms with Crippen LogP contribution in [0.1, 0.15) is 45.4 Å². The van der Waals surface area contributed by atoms with Crippen molar-refractivity contribution in [2.45, 2.75) is 57.7 Å². The number of rotatable bonds is 4. The van der Waals surface area contributed by atoms with Gasteiger partial charge < -0.3 is 5.32 Å². The van der Waals surface area contributed by atoms with Crippen LogP contribution in [0.15, 0.2) is 0 Å². The van der Waals surface area contributed by atoms with Crippen LogP contribution in [0, 0.1) is 23.2 Å².